The van der Waals surface area contributed by atoms with Gasteiger partial charge in [-0.15, -0.1) is 0 Å². The van der Waals surface area contributed by atoms with Crippen molar-refractivity contribution in [3.63, 3.8) is 0 Å². The van der Waals surface area contributed by atoms with Gasteiger partial charge in [-0.05, 0) is 0 Å². The summed E-state index contributed by atoms with van der Waals surface area (Å²) in [4.78, 5) is 0. The van der Waals surface area contributed by atoms with E-state index in [0.717, 1.165) is 0 Å². The van der Waals surface area contributed by atoms with Crippen LogP contribution in [0.5, 0.6) is 0 Å². The number of hydrogen-bond donors (Lipinski definition) is 2. The summed E-state index contributed by atoms with van der Waals surface area (Å²) in [5.74, 6) is 0. The molecular weight excluding hydrogens is 75.0 g/mol. The lowest BCUT2D eigenvalue weighted by molar-refractivity contribution is -0.00745. The van der Waals surface area contributed by atoms with Crippen LogP contribution in [0, 0.1) is 0 Å². The first-order valence-corrected chi connectivity index (χ1v) is 1.20. The lowest BCUT2D eigenvalue weighted by atomic mass is 10.8. The van der Waals surface area contributed by atoms with Gasteiger partial charge in [0.25, 0.3) is 0 Å². The van der Waals surface area contributed by atoms with E-state index >= 15 is 0 Å². The van der Waals surface area contributed by atoms with E-state index in [4.69, 9.17) is 10.2 Å². The normalized spacial score (nSPS) is 15.0. The van der Waals surface area contributed by atoms with Gasteiger partial charge in [0.15, 0.2) is 0 Å². The summed E-state index contributed by atoms with van der Waals surface area (Å²) in [5.41, 5.74) is 0. The second-order valence-electron chi connectivity index (χ2n) is 0.617. The van der Waals surface area contributed by atoms with Gasteiger partial charge in [0.2, 0.25) is 6.36 Å². The van der Waals surface area contributed by atoms with Gasteiger partial charge in [-0.3, -0.25) is 0 Å². The first kappa shape index (κ1) is 4.85. The Bertz CT molecular complexity index is 21.6. The van der Waals surface area contributed by atoms with Crippen LogP contribution in [0.1, 0.15) is 0 Å². The Hall–Kier alpha value is -0.150. The van der Waals surface area contributed by atoms with Gasteiger partial charge in [-0.25, -0.2) is 4.39 Å². The summed E-state index contributed by atoms with van der Waals surface area (Å²) in [6.45, 7) is -0.806. The smallest absolute Gasteiger partial charge is 0.219 e. The molecule has 3 heteroatoms. The van der Waals surface area contributed by atoms with Gasteiger partial charge in [-0.2, -0.15) is 0 Å². The second kappa shape index (κ2) is 2.11. The van der Waals surface area contributed by atoms with Gasteiger partial charge in [-0.1, -0.05) is 0 Å². The highest BCUT2D eigenvalue weighted by Crippen LogP contribution is 1.74. The van der Waals surface area contributed by atoms with Crippen LogP contribution in [-0.2, 0) is 0 Å². The number of halogens is 1. The Morgan fingerprint density at radius 1 is 1.80 bits per heavy atom. The van der Waals surface area contributed by atoms with Crippen LogP contribution >= 0.6 is 0 Å². The third-order valence-corrected chi connectivity index (χ3v) is 0.151. The molecule has 0 aliphatic rings. The number of aliphatic hydroxyl groups is 2. The van der Waals surface area contributed by atoms with E-state index < -0.39 is 13.0 Å². The van der Waals surface area contributed by atoms with Crippen molar-refractivity contribution in [2.75, 3.05) is 6.61 Å². The maximum atomic E-state index is 10.7. The Balaban J connectivity index is 2.54. The minimum Gasteiger partial charge on any atom is -0.391 e. The number of rotatable bonds is 1. The van der Waals surface area contributed by atoms with E-state index in [9.17, 15) is 4.39 Å². The quantitative estimate of drug-likeness (QED) is 0.435. The Morgan fingerprint density at radius 2 is 2.00 bits per heavy atom. The lowest BCUT2D eigenvalue weighted by Gasteiger charge is -1.85. The summed E-state index contributed by atoms with van der Waals surface area (Å²) in [5, 5.41) is 15.0. The molecule has 2 N–H and O–H groups in total. The molecular formula is C2H5FO2. The first-order chi connectivity index (χ1) is 2.27. The van der Waals surface area contributed by atoms with Crippen molar-refractivity contribution >= 4 is 0 Å². The largest absolute Gasteiger partial charge is 0.391 e. The predicted molar refractivity (Wildman–Crippen MR) is 14.2 cm³/mol. The van der Waals surface area contributed by atoms with Crippen molar-refractivity contribution in [3.05, 3.63) is 0 Å². The molecule has 0 aromatic carbocycles. The molecule has 0 spiro atoms. The highest BCUT2D eigenvalue weighted by atomic mass is 19.1. The zero-order valence-corrected chi connectivity index (χ0v) is 2.56. The molecule has 0 aliphatic carbocycles. The molecule has 0 aromatic heterocycles. The lowest BCUT2D eigenvalue weighted by Crippen LogP contribution is -2.01. The molecule has 0 rings (SSSR count). The van der Waals surface area contributed by atoms with E-state index in [-0.39, 0.29) is 0 Å². The van der Waals surface area contributed by atoms with Crippen molar-refractivity contribution in [1.29, 1.82) is 0 Å². The topological polar surface area (TPSA) is 40.5 Å². The van der Waals surface area contributed by atoms with E-state index in [0.29, 0.717) is 0 Å². The summed E-state index contributed by atoms with van der Waals surface area (Å²) in [6.07, 6.45) is -2.06. The summed E-state index contributed by atoms with van der Waals surface area (Å²) >= 11 is 0. The molecule has 0 amide bonds. The molecule has 0 saturated heterocycles. The average molecular weight is 80.1 g/mol. The third-order valence-electron chi connectivity index (χ3n) is 0.151. The monoisotopic (exact) mass is 80.0 g/mol. The fourth-order valence-corrected chi connectivity index (χ4v) is 0. The molecule has 2 nitrogen and oxygen atoms in total. The fraction of sp³-hybridized carbons (Fsp3) is 1.00. The molecule has 5 heavy (non-hydrogen) atoms. The third kappa shape index (κ3) is 3.85. The standard InChI is InChI=1S/C2H5FO2/c3-2(5)1-4/h2,4-5H,1H2. The van der Waals surface area contributed by atoms with Gasteiger partial charge in [0.1, 0.15) is 0 Å². The van der Waals surface area contributed by atoms with Crippen LogP contribution in [0.25, 0.3) is 0 Å². The zero-order chi connectivity index (χ0) is 4.28. The first-order valence-electron chi connectivity index (χ1n) is 1.20. The minimum absolute atomic E-state index is 0.806. The molecule has 0 fully saturated rings. The van der Waals surface area contributed by atoms with Crippen molar-refractivity contribution in [2.45, 2.75) is 6.36 Å². The minimum atomic E-state index is -2.06. The summed E-state index contributed by atoms with van der Waals surface area (Å²) in [7, 11) is 0. The molecule has 0 aliphatic heterocycles. The van der Waals surface area contributed by atoms with Crippen molar-refractivity contribution < 1.29 is 14.6 Å². The molecule has 0 heterocycles. The van der Waals surface area contributed by atoms with Crippen LogP contribution in [0.15, 0.2) is 0 Å². The molecule has 32 valence electrons. The fourth-order valence-electron chi connectivity index (χ4n) is 0. The molecule has 0 bridgehead atoms. The molecule has 1 atom stereocenters. The Kier molecular flexibility index (Phi) is 2.05. The number of aliphatic hydroxyl groups excluding tert-OH is 2. The van der Waals surface area contributed by atoms with E-state index in [1.54, 1.807) is 0 Å². The maximum Gasteiger partial charge on any atom is 0.219 e. The Morgan fingerprint density at radius 3 is 2.00 bits per heavy atom. The maximum absolute atomic E-state index is 10.7. The van der Waals surface area contributed by atoms with Gasteiger partial charge < -0.3 is 10.2 Å². The van der Waals surface area contributed by atoms with E-state index in [1.807, 2.05) is 0 Å². The Labute approximate surface area is 28.9 Å². The highest BCUT2D eigenvalue weighted by molar-refractivity contribution is 4.21. The van der Waals surface area contributed by atoms with Gasteiger partial charge in [0, 0.05) is 0 Å². The van der Waals surface area contributed by atoms with Crippen molar-refractivity contribution in [2.24, 2.45) is 0 Å². The summed E-state index contributed by atoms with van der Waals surface area (Å²) < 4.78 is 10.7. The van der Waals surface area contributed by atoms with Gasteiger partial charge in [0.05, 0.1) is 6.61 Å². The van der Waals surface area contributed by atoms with Crippen LogP contribution in [0.3, 0.4) is 0 Å². The van der Waals surface area contributed by atoms with Crippen LogP contribution < -0.4 is 0 Å². The SMILES string of the molecule is OCC(O)F. The van der Waals surface area contributed by atoms with Crippen molar-refractivity contribution in [1.82, 2.24) is 0 Å². The van der Waals surface area contributed by atoms with Crippen molar-refractivity contribution in [3.8, 4) is 0 Å². The molecule has 0 radical (unpaired) electrons. The number of alkyl halides is 1. The van der Waals surface area contributed by atoms with E-state index in [1.165, 1.54) is 0 Å². The predicted octanol–water partition coefficient (Wildman–Crippen LogP) is -0.733. The number of hydrogen-bond acceptors (Lipinski definition) is 2. The average Bonchev–Trinajstić information content (AvgIpc) is 1.38. The van der Waals surface area contributed by atoms with Crippen LogP contribution in [0.4, 0.5) is 4.39 Å². The molecule has 1 unspecified atom stereocenters. The highest BCUT2D eigenvalue weighted by Gasteiger charge is 1.89. The molecule has 0 aromatic rings. The van der Waals surface area contributed by atoms with Crippen LogP contribution in [0.2, 0.25) is 0 Å². The van der Waals surface area contributed by atoms with Crippen LogP contribution in [-0.4, -0.2) is 23.2 Å². The molecule has 0 saturated carbocycles. The second-order valence-corrected chi connectivity index (χ2v) is 0.617. The zero-order valence-electron chi connectivity index (χ0n) is 2.56. The van der Waals surface area contributed by atoms with Gasteiger partial charge >= 0.3 is 0 Å². The summed E-state index contributed by atoms with van der Waals surface area (Å²) in [6, 6.07) is 0. The van der Waals surface area contributed by atoms with E-state index in [2.05, 4.69) is 0 Å².